The molecule has 0 radical (unpaired) electrons. The van der Waals surface area contributed by atoms with Crippen LogP contribution in [0.3, 0.4) is 0 Å². The number of nitrogens with one attached hydrogen (secondary N) is 1. The van der Waals surface area contributed by atoms with Gasteiger partial charge in [-0.15, -0.1) is 0 Å². The molecule has 7 heteroatoms. The Bertz CT molecular complexity index is 742. The van der Waals surface area contributed by atoms with Gasteiger partial charge in [0, 0.05) is 25.0 Å². The standard InChI is InChI=1S/C15H14N4O3/c20-15(16-6-1-2-8-19-9-4-7-17-19)12-11-14(22-18-12)13-5-3-10-21-13/h1-5,7,9-11H,6,8H2,(H,16,20)/b2-1-. The number of rotatable bonds is 6. The van der Waals surface area contributed by atoms with E-state index in [1.165, 1.54) is 6.26 Å². The average molecular weight is 298 g/mol. The van der Waals surface area contributed by atoms with Crippen LogP contribution in [-0.4, -0.2) is 27.4 Å². The van der Waals surface area contributed by atoms with E-state index in [1.807, 2.05) is 24.4 Å². The number of carbonyl (C=O) groups is 1. The highest BCUT2D eigenvalue weighted by Crippen LogP contribution is 2.20. The Balaban J connectivity index is 1.49. The fourth-order valence-corrected chi connectivity index (χ4v) is 1.83. The van der Waals surface area contributed by atoms with Crippen LogP contribution in [-0.2, 0) is 6.54 Å². The largest absolute Gasteiger partial charge is 0.461 e. The summed E-state index contributed by atoms with van der Waals surface area (Å²) in [7, 11) is 0. The Morgan fingerprint density at radius 3 is 3.05 bits per heavy atom. The van der Waals surface area contributed by atoms with Crippen LogP contribution in [0.2, 0.25) is 0 Å². The van der Waals surface area contributed by atoms with Crippen LogP contribution in [0.15, 0.2) is 64.0 Å². The van der Waals surface area contributed by atoms with Crippen molar-refractivity contribution in [2.75, 3.05) is 6.54 Å². The van der Waals surface area contributed by atoms with Crippen molar-refractivity contribution in [2.24, 2.45) is 0 Å². The van der Waals surface area contributed by atoms with Crippen LogP contribution in [0.4, 0.5) is 0 Å². The van der Waals surface area contributed by atoms with E-state index in [2.05, 4.69) is 15.6 Å². The van der Waals surface area contributed by atoms with E-state index in [1.54, 1.807) is 29.1 Å². The summed E-state index contributed by atoms with van der Waals surface area (Å²) in [5.74, 6) is 0.653. The molecule has 3 aromatic rings. The van der Waals surface area contributed by atoms with Gasteiger partial charge in [0.05, 0.1) is 12.8 Å². The molecule has 3 aromatic heterocycles. The fraction of sp³-hybridized carbons (Fsp3) is 0.133. The summed E-state index contributed by atoms with van der Waals surface area (Å²) in [5.41, 5.74) is 0.215. The van der Waals surface area contributed by atoms with E-state index in [-0.39, 0.29) is 11.6 Å². The maximum absolute atomic E-state index is 11.9. The van der Waals surface area contributed by atoms with Gasteiger partial charge in [-0.25, -0.2) is 0 Å². The highest BCUT2D eigenvalue weighted by atomic mass is 16.5. The highest BCUT2D eigenvalue weighted by Gasteiger charge is 2.14. The summed E-state index contributed by atoms with van der Waals surface area (Å²) >= 11 is 0. The molecular formula is C15H14N4O3. The number of hydrogen-bond donors (Lipinski definition) is 1. The first-order valence-corrected chi connectivity index (χ1v) is 6.74. The molecule has 1 N–H and O–H groups in total. The summed E-state index contributed by atoms with van der Waals surface area (Å²) in [6.07, 6.45) is 8.89. The zero-order valence-electron chi connectivity index (χ0n) is 11.7. The summed E-state index contributed by atoms with van der Waals surface area (Å²) in [6, 6.07) is 6.88. The topological polar surface area (TPSA) is 86.1 Å². The first-order valence-electron chi connectivity index (χ1n) is 6.74. The van der Waals surface area contributed by atoms with Crippen molar-refractivity contribution in [1.82, 2.24) is 20.3 Å². The molecule has 0 saturated heterocycles. The monoisotopic (exact) mass is 298 g/mol. The quantitative estimate of drug-likeness (QED) is 0.704. The van der Waals surface area contributed by atoms with Crippen molar-refractivity contribution in [3.63, 3.8) is 0 Å². The van der Waals surface area contributed by atoms with Gasteiger partial charge >= 0.3 is 0 Å². The van der Waals surface area contributed by atoms with Crippen LogP contribution >= 0.6 is 0 Å². The third-order valence-electron chi connectivity index (χ3n) is 2.91. The zero-order valence-corrected chi connectivity index (χ0v) is 11.7. The second-order valence-corrected chi connectivity index (χ2v) is 4.46. The van der Waals surface area contributed by atoms with Gasteiger partial charge in [-0.3, -0.25) is 9.48 Å². The molecule has 0 spiro atoms. The number of allylic oxidation sites excluding steroid dienone is 1. The second-order valence-electron chi connectivity index (χ2n) is 4.46. The molecule has 3 rings (SSSR count). The first-order chi connectivity index (χ1) is 10.8. The van der Waals surface area contributed by atoms with Crippen molar-refractivity contribution in [3.8, 4) is 11.5 Å². The third kappa shape index (κ3) is 3.32. The normalized spacial score (nSPS) is 11.1. The van der Waals surface area contributed by atoms with Crippen LogP contribution in [0.25, 0.3) is 11.5 Å². The Hall–Kier alpha value is -3.09. The summed E-state index contributed by atoms with van der Waals surface area (Å²) in [5, 5.41) is 10.5. The maximum atomic E-state index is 11.9. The van der Waals surface area contributed by atoms with Crippen LogP contribution in [0.5, 0.6) is 0 Å². The van der Waals surface area contributed by atoms with Crippen molar-refractivity contribution in [2.45, 2.75) is 6.54 Å². The Morgan fingerprint density at radius 1 is 1.32 bits per heavy atom. The van der Waals surface area contributed by atoms with Gasteiger partial charge in [0.2, 0.25) is 5.76 Å². The van der Waals surface area contributed by atoms with Crippen molar-refractivity contribution < 1.29 is 13.7 Å². The highest BCUT2D eigenvalue weighted by molar-refractivity contribution is 5.92. The van der Waals surface area contributed by atoms with Crippen molar-refractivity contribution in [1.29, 1.82) is 0 Å². The predicted octanol–water partition coefficient (Wildman–Crippen LogP) is 2.12. The molecule has 0 atom stereocenters. The Labute approximate surface area is 126 Å². The summed E-state index contributed by atoms with van der Waals surface area (Å²) in [6.45, 7) is 1.07. The molecule has 112 valence electrons. The van der Waals surface area contributed by atoms with E-state index >= 15 is 0 Å². The number of nitrogens with zero attached hydrogens (tertiary/aromatic N) is 3. The van der Waals surface area contributed by atoms with Crippen molar-refractivity contribution >= 4 is 5.91 Å². The lowest BCUT2D eigenvalue weighted by atomic mass is 10.3. The third-order valence-corrected chi connectivity index (χ3v) is 2.91. The number of hydrogen-bond acceptors (Lipinski definition) is 5. The fourth-order valence-electron chi connectivity index (χ4n) is 1.83. The van der Waals surface area contributed by atoms with E-state index < -0.39 is 0 Å². The Morgan fingerprint density at radius 2 is 2.27 bits per heavy atom. The van der Waals surface area contributed by atoms with Crippen LogP contribution in [0, 0.1) is 0 Å². The molecule has 0 aliphatic rings. The smallest absolute Gasteiger partial charge is 0.273 e. The minimum absolute atomic E-state index is 0.215. The van der Waals surface area contributed by atoms with Gasteiger partial charge in [-0.2, -0.15) is 5.10 Å². The average Bonchev–Trinajstić information content (AvgIpc) is 3.26. The molecular weight excluding hydrogens is 284 g/mol. The van der Waals surface area contributed by atoms with Gasteiger partial charge in [0.25, 0.3) is 5.91 Å². The van der Waals surface area contributed by atoms with Gasteiger partial charge in [0.1, 0.15) is 0 Å². The Kier molecular flexibility index (Phi) is 4.15. The van der Waals surface area contributed by atoms with Gasteiger partial charge < -0.3 is 14.3 Å². The maximum Gasteiger partial charge on any atom is 0.273 e. The van der Waals surface area contributed by atoms with Gasteiger partial charge in [-0.1, -0.05) is 17.3 Å². The van der Waals surface area contributed by atoms with E-state index in [0.717, 1.165) is 0 Å². The summed E-state index contributed by atoms with van der Waals surface area (Å²) in [4.78, 5) is 11.9. The number of furan rings is 1. The molecule has 0 saturated carbocycles. The summed E-state index contributed by atoms with van der Waals surface area (Å²) < 4.78 is 12.0. The van der Waals surface area contributed by atoms with Gasteiger partial charge in [0.15, 0.2) is 11.5 Å². The molecule has 0 aromatic carbocycles. The SMILES string of the molecule is O=C(NC/C=C\Cn1cccn1)c1cc(-c2ccco2)on1. The lowest BCUT2D eigenvalue weighted by Gasteiger charge is -1.97. The molecule has 3 heterocycles. The van der Waals surface area contributed by atoms with E-state index in [0.29, 0.717) is 24.6 Å². The number of aromatic nitrogens is 3. The first kappa shape index (κ1) is 13.9. The van der Waals surface area contributed by atoms with E-state index in [9.17, 15) is 4.79 Å². The lowest BCUT2D eigenvalue weighted by Crippen LogP contribution is -2.23. The lowest BCUT2D eigenvalue weighted by molar-refractivity contribution is 0.0949. The predicted molar refractivity (Wildman–Crippen MR) is 77.9 cm³/mol. The minimum atomic E-state index is -0.301. The molecule has 0 aliphatic carbocycles. The minimum Gasteiger partial charge on any atom is -0.461 e. The number of amides is 1. The molecule has 22 heavy (non-hydrogen) atoms. The number of carbonyl (C=O) groups excluding carboxylic acids is 1. The van der Waals surface area contributed by atoms with Crippen LogP contribution < -0.4 is 5.32 Å². The molecule has 0 aliphatic heterocycles. The van der Waals surface area contributed by atoms with Gasteiger partial charge in [-0.05, 0) is 18.2 Å². The molecule has 0 bridgehead atoms. The molecule has 7 nitrogen and oxygen atoms in total. The molecule has 0 unspecified atom stereocenters. The zero-order chi connectivity index (χ0) is 15.2. The second kappa shape index (κ2) is 6.57. The van der Waals surface area contributed by atoms with E-state index in [4.69, 9.17) is 8.94 Å². The van der Waals surface area contributed by atoms with Crippen molar-refractivity contribution in [3.05, 3.63) is 60.8 Å². The molecule has 0 fully saturated rings. The molecule has 1 amide bonds. The van der Waals surface area contributed by atoms with Crippen LogP contribution in [0.1, 0.15) is 10.5 Å².